The summed E-state index contributed by atoms with van der Waals surface area (Å²) in [5.41, 5.74) is 0.907. The zero-order valence-electron chi connectivity index (χ0n) is 15.1. The van der Waals surface area contributed by atoms with Crippen LogP contribution in [0.25, 0.3) is 0 Å². The van der Waals surface area contributed by atoms with Crippen molar-refractivity contribution in [2.45, 2.75) is 38.6 Å². The van der Waals surface area contributed by atoms with E-state index in [4.69, 9.17) is 11.6 Å². The van der Waals surface area contributed by atoms with E-state index < -0.39 is 10.0 Å². The van der Waals surface area contributed by atoms with Crippen molar-refractivity contribution in [2.24, 2.45) is 0 Å². The van der Waals surface area contributed by atoms with E-state index in [2.05, 4.69) is 17.1 Å². The molecule has 3 rings (SSSR count). The van der Waals surface area contributed by atoms with Crippen molar-refractivity contribution in [3.8, 4) is 0 Å². The molecule has 2 aliphatic heterocycles. The molecule has 1 aromatic carbocycles. The van der Waals surface area contributed by atoms with Crippen LogP contribution in [-0.4, -0.2) is 57.2 Å². The number of sulfonamides is 1. The van der Waals surface area contributed by atoms with Crippen LogP contribution in [0, 0.1) is 0 Å². The van der Waals surface area contributed by atoms with Gasteiger partial charge in [0.15, 0.2) is 0 Å². The molecule has 2 fully saturated rings. The van der Waals surface area contributed by atoms with Crippen molar-refractivity contribution in [1.82, 2.24) is 10.2 Å². The fraction of sp³-hybridized carbons (Fsp3) is 0.611. The number of nitrogens with one attached hydrogen (secondary N) is 1. The summed E-state index contributed by atoms with van der Waals surface area (Å²) in [7, 11) is -3.29. The molecule has 0 aliphatic carbocycles. The number of carbonyl (C=O) groups is 1. The highest BCUT2D eigenvalue weighted by Gasteiger charge is 2.27. The molecular formula is C18H26ClN3O3S. The summed E-state index contributed by atoms with van der Waals surface area (Å²) in [4.78, 5) is 14.9. The number of likely N-dealkylation sites (tertiary alicyclic amines) is 1. The van der Waals surface area contributed by atoms with Gasteiger partial charge in [-0.1, -0.05) is 18.5 Å². The van der Waals surface area contributed by atoms with Crippen LogP contribution in [0.1, 0.15) is 43.0 Å². The van der Waals surface area contributed by atoms with Gasteiger partial charge in [0, 0.05) is 19.1 Å². The highest BCUT2D eigenvalue weighted by atomic mass is 35.5. The Morgan fingerprint density at radius 2 is 2.08 bits per heavy atom. The third-order valence-corrected chi connectivity index (χ3v) is 7.42. The van der Waals surface area contributed by atoms with Gasteiger partial charge >= 0.3 is 0 Å². The monoisotopic (exact) mass is 399 g/mol. The largest absolute Gasteiger partial charge is 0.350 e. The Morgan fingerprint density at radius 3 is 2.77 bits per heavy atom. The van der Waals surface area contributed by atoms with E-state index in [0.717, 1.165) is 32.4 Å². The van der Waals surface area contributed by atoms with Crippen LogP contribution in [0.15, 0.2) is 18.2 Å². The Balaban J connectivity index is 1.68. The second kappa shape index (κ2) is 8.15. The van der Waals surface area contributed by atoms with Crippen molar-refractivity contribution in [3.63, 3.8) is 0 Å². The van der Waals surface area contributed by atoms with Crippen molar-refractivity contribution in [2.75, 3.05) is 36.2 Å². The van der Waals surface area contributed by atoms with Gasteiger partial charge in [-0.3, -0.25) is 14.0 Å². The number of hydrogen-bond acceptors (Lipinski definition) is 4. The third kappa shape index (κ3) is 4.15. The Bertz CT molecular complexity index is 769. The summed E-state index contributed by atoms with van der Waals surface area (Å²) < 4.78 is 25.8. The minimum Gasteiger partial charge on any atom is -0.350 e. The van der Waals surface area contributed by atoms with Crippen LogP contribution in [0.3, 0.4) is 0 Å². The number of hydrogen-bond donors (Lipinski definition) is 1. The van der Waals surface area contributed by atoms with Crippen molar-refractivity contribution < 1.29 is 13.2 Å². The summed E-state index contributed by atoms with van der Waals surface area (Å²) >= 11 is 6.30. The molecule has 0 radical (unpaired) electrons. The van der Waals surface area contributed by atoms with E-state index in [-0.39, 0.29) is 16.7 Å². The van der Waals surface area contributed by atoms with Crippen LogP contribution in [0.5, 0.6) is 0 Å². The lowest BCUT2D eigenvalue weighted by Gasteiger charge is -2.28. The normalized spacial score (nSPS) is 23.2. The quantitative estimate of drug-likeness (QED) is 0.825. The molecular weight excluding hydrogens is 374 g/mol. The molecule has 8 heteroatoms. The lowest BCUT2D eigenvalue weighted by Crippen LogP contribution is -2.40. The molecule has 6 nitrogen and oxygen atoms in total. The highest BCUT2D eigenvalue weighted by Crippen LogP contribution is 2.28. The van der Waals surface area contributed by atoms with Gasteiger partial charge in [-0.05, 0) is 57.0 Å². The van der Waals surface area contributed by atoms with Crippen LogP contribution < -0.4 is 9.62 Å². The van der Waals surface area contributed by atoms with Gasteiger partial charge in [0.1, 0.15) is 0 Å². The molecule has 2 saturated heterocycles. The molecule has 1 aromatic rings. The number of amides is 1. The Kier molecular flexibility index (Phi) is 6.10. The first-order chi connectivity index (χ1) is 12.4. The minimum atomic E-state index is -3.29. The SMILES string of the molecule is CCN1CCCC1CNC(=O)c1ccc(N2CCCCS2(=O)=O)cc1Cl. The second-order valence-corrected chi connectivity index (χ2v) is 9.31. The number of halogens is 1. The molecule has 26 heavy (non-hydrogen) atoms. The van der Waals surface area contributed by atoms with Crippen molar-refractivity contribution >= 4 is 33.2 Å². The van der Waals surface area contributed by atoms with E-state index in [1.54, 1.807) is 18.2 Å². The lowest BCUT2D eigenvalue weighted by atomic mass is 10.1. The van der Waals surface area contributed by atoms with E-state index in [0.29, 0.717) is 36.8 Å². The molecule has 144 valence electrons. The average Bonchev–Trinajstić information content (AvgIpc) is 3.06. The number of rotatable bonds is 5. The Morgan fingerprint density at radius 1 is 1.27 bits per heavy atom. The third-order valence-electron chi connectivity index (χ3n) is 5.24. The van der Waals surface area contributed by atoms with Gasteiger partial charge in [-0.15, -0.1) is 0 Å². The van der Waals surface area contributed by atoms with Gasteiger partial charge in [-0.25, -0.2) is 8.42 Å². The molecule has 1 amide bonds. The summed E-state index contributed by atoms with van der Waals surface area (Å²) in [5, 5.41) is 3.24. The van der Waals surface area contributed by atoms with Gasteiger partial charge < -0.3 is 5.32 Å². The highest BCUT2D eigenvalue weighted by molar-refractivity contribution is 7.92. The van der Waals surface area contributed by atoms with E-state index in [1.165, 1.54) is 4.31 Å². The van der Waals surface area contributed by atoms with Gasteiger partial charge in [0.05, 0.1) is 22.0 Å². The fourth-order valence-electron chi connectivity index (χ4n) is 3.77. The molecule has 0 spiro atoms. The lowest BCUT2D eigenvalue weighted by molar-refractivity contribution is 0.0941. The first-order valence-electron chi connectivity index (χ1n) is 9.24. The Labute approximate surface area is 160 Å². The zero-order valence-corrected chi connectivity index (χ0v) is 16.7. The number of likely N-dealkylation sites (N-methyl/N-ethyl adjacent to an activating group) is 1. The fourth-order valence-corrected chi connectivity index (χ4v) is 5.66. The van der Waals surface area contributed by atoms with Crippen LogP contribution in [-0.2, 0) is 10.0 Å². The molecule has 0 saturated carbocycles. The average molecular weight is 400 g/mol. The first-order valence-corrected chi connectivity index (χ1v) is 11.2. The van der Waals surface area contributed by atoms with Crippen molar-refractivity contribution in [3.05, 3.63) is 28.8 Å². The molecule has 0 aromatic heterocycles. The number of benzene rings is 1. The Hall–Kier alpha value is -1.31. The predicted molar refractivity (Wildman–Crippen MR) is 104 cm³/mol. The summed E-state index contributed by atoms with van der Waals surface area (Å²) in [5.74, 6) is -0.0617. The van der Waals surface area contributed by atoms with Gasteiger partial charge in [-0.2, -0.15) is 0 Å². The second-order valence-electron chi connectivity index (χ2n) is 6.89. The van der Waals surface area contributed by atoms with Crippen LogP contribution >= 0.6 is 11.6 Å². The topological polar surface area (TPSA) is 69.7 Å². The molecule has 1 atom stereocenters. The maximum absolute atomic E-state index is 12.5. The smallest absolute Gasteiger partial charge is 0.252 e. The van der Waals surface area contributed by atoms with Gasteiger partial charge in [0.25, 0.3) is 5.91 Å². The van der Waals surface area contributed by atoms with E-state index in [1.807, 2.05) is 0 Å². The molecule has 0 bridgehead atoms. The van der Waals surface area contributed by atoms with Crippen LogP contribution in [0.2, 0.25) is 5.02 Å². The molecule has 2 aliphatic rings. The number of carbonyl (C=O) groups excluding carboxylic acids is 1. The van der Waals surface area contributed by atoms with E-state index >= 15 is 0 Å². The first kappa shape index (κ1) is 19.5. The van der Waals surface area contributed by atoms with E-state index in [9.17, 15) is 13.2 Å². The van der Waals surface area contributed by atoms with Gasteiger partial charge in [0.2, 0.25) is 10.0 Å². The number of anilines is 1. The molecule has 1 N–H and O–H groups in total. The maximum Gasteiger partial charge on any atom is 0.252 e. The molecule has 2 heterocycles. The number of nitrogens with zero attached hydrogens (tertiary/aromatic N) is 2. The predicted octanol–water partition coefficient (Wildman–Crippen LogP) is 2.48. The summed E-state index contributed by atoms with van der Waals surface area (Å²) in [6.07, 6.45) is 3.76. The summed E-state index contributed by atoms with van der Waals surface area (Å²) in [6.45, 7) is 5.26. The maximum atomic E-state index is 12.5. The van der Waals surface area contributed by atoms with Crippen LogP contribution in [0.4, 0.5) is 5.69 Å². The standard InChI is InChI=1S/C18H26ClN3O3S/c1-2-21-9-5-6-15(21)13-20-18(23)16-8-7-14(12-17(16)19)22-10-3-4-11-26(22,24)25/h7-8,12,15H,2-6,9-11,13H2,1H3,(H,20,23). The van der Waals surface area contributed by atoms with Crippen molar-refractivity contribution in [1.29, 1.82) is 0 Å². The summed E-state index contributed by atoms with van der Waals surface area (Å²) in [6, 6.07) is 5.23. The zero-order chi connectivity index (χ0) is 18.7. The minimum absolute atomic E-state index is 0.155. The molecule has 1 unspecified atom stereocenters.